The predicted molar refractivity (Wildman–Crippen MR) is 108 cm³/mol. The molecular formula is C21H18Cl2N2O3. The number of benzene rings is 2. The third-order valence-corrected chi connectivity index (χ3v) is 5.20. The van der Waals surface area contributed by atoms with E-state index >= 15 is 0 Å². The van der Waals surface area contributed by atoms with Gasteiger partial charge in [0, 0.05) is 34.1 Å². The Morgan fingerprint density at radius 2 is 1.75 bits per heavy atom. The van der Waals surface area contributed by atoms with E-state index in [1.54, 1.807) is 24.3 Å². The van der Waals surface area contributed by atoms with E-state index in [1.165, 1.54) is 0 Å². The van der Waals surface area contributed by atoms with Gasteiger partial charge in [0.25, 0.3) is 0 Å². The fraction of sp³-hybridized carbons (Fsp3) is 0.238. The van der Waals surface area contributed by atoms with Crippen molar-refractivity contribution in [2.75, 3.05) is 13.2 Å². The van der Waals surface area contributed by atoms with Gasteiger partial charge in [-0.05, 0) is 48.5 Å². The molecule has 7 heteroatoms. The molecule has 144 valence electrons. The minimum atomic E-state index is 0.0443. The van der Waals surface area contributed by atoms with Crippen LogP contribution in [0.15, 0.2) is 53.1 Å². The summed E-state index contributed by atoms with van der Waals surface area (Å²) in [4.78, 5) is 14.4. The van der Waals surface area contributed by atoms with Crippen LogP contribution >= 0.6 is 23.2 Å². The molecule has 0 unspecified atom stereocenters. The molecule has 0 saturated carbocycles. The van der Waals surface area contributed by atoms with Gasteiger partial charge in [-0.1, -0.05) is 28.4 Å². The number of carbonyl (C=O) groups is 1. The van der Waals surface area contributed by atoms with Crippen LogP contribution in [0, 0.1) is 0 Å². The van der Waals surface area contributed by atoms with Crippen LogP contribution in [0.1, 0.15) is 17.7 Å². The summed E-state index contributed by atoms with van der Waals surface area (Å²) in [6, 6.07) is 14.5. The molecule has 1 aliphatic heterocycles. The van der Waals surface area contributed by atoms with Crippen LogP contribution in [-0.4, -0.2) is 29.1 Å². The van der Waals surface area contributed by atoms with E-state index in [0.29, 0.717) is 54.1 Å². The zero-order valence-electron chi connectivity index (χ0n) is 15.0. The molecule has 0 spiro atoms. The van der Waals surface area contributed by atoms with Crippen LogP contribution in [0.3, 0.4) is 0 Å². The molecular weight excluding hydrogens is 399 g/mol. The molecule has 0 atom stereocenters. The van der Waals surface area contributed by atoms with Crippen molar-refractivity contribution in [1.82, 2.24) is 10.1 Å². The first-order valence-electron chi connectivity index (χ1n) is 8.99. The predicted octanol–water partition coefficient (Wildman–Crippen LogP) is 5.00. The van der Waals surface area contributed by atoms with Crippen LogP contribution in [0.4, 0.5) is 0 Å². The number of halogens is 2. The molecule has 1 aromatic heterocycles. The highest BCUT2D eigenvalue weighted by Crippen LogP contribution is 2.31. The lowest BCUT2D eigenvalue weighted by atomic mass is 10.0. The average molecular weight is 417 g/mol. The van der Waals surface area contributed by atoms with Crippen molar-refractivity contribution in [2.45, 2.75) is 19.4 Å². The van der Waals surface area contributed by atoms with Gasteiger partial charge in [-0.15, -0.1) is 0 Å². The molecule has 3 aromatic rings. The smallest absolute Gasteiger partial charge is 0.226 e. The second kappa shape index (κ2) is 8.25. The quantitative estimate of drug-likeness (QED) is 0.586. The van der Waals surface area contributed by atoms with E-state index in [2.05, 4.69) is 5.16 Å². The summed E-state index contributed by atoms with van der Waals surface area (Å²) in [6.07, 6.45) is 0.982. The summed E-state index contributed by atoms with van der Waals surface area (Å²) in [5, 5.41) is 5.49. The molecule has 28 heavy (non-hydrogen) atoms. The van der Waals surface area contributed by atoms with Crippen molar-refractivity contribution < 1.29 is 14.1 Å². The number of rotatable bonds is 5. The van der Waals surface area contributed by atoms with Crippen molar-refractivity contribution >= 4 is 29.1 Å². The fourth-order valence-corrected chi connectivity index (χ4v) is 3.45. The zero-order valence-corrected chi connectivity index (χ0v) is 16.5. The Morgan fingerprint density at radius 3 is 2.46 bits per heavy atom. The van der Waals surface area contributed by atoms with E-state index in [1.807, 2.05) is 29.2 Å². The first-order valence-corrected chi connectivity index (χ1v) is 9.75. The first kappa shape index (κ1) is 18.8. The lowest BCUT2D eigenvalue weighted by molar-refractivity contribution is -0.132. The molecule has 1 amide bonds. The highest BCUT2D eigenvalue weighted by molar-refractivity contribution is 6.30. The molecule has 4 rings (SSSR count). The van der Waals surface area contributed by atoms with Gasteiger partial charge < -0.3 is 14.2 Å². The minimum absolute atomic E-state index is 0.0443. The number of hydrogen-bond donors (Lipinski definition) is 0. The largest absolute Gasteiger partial charge is 0.493 e. The molecule has 2 aromatic carbocycles. The van der Waals surface area contributed by atoms with Gasteiger partial charge >= 0.3 is 0 Å². The SMILES string of the molecule is O=C(CCOc1ccc(Cl)cc1)N1CCc2noc(-c3ccc(Cl)cc3)c2C1. The maximum Gasteiger partial charge on any atom is 0.226 e. The molecule has 0 saturated heterocycles. The van der Waals surface area contributed by atoms with Gasteiger partial charge in [0.1, 0.15) is 5.75 Å². The Labute approximate surface area is 172 Å². The second-order valence-corrected chi connectivity index (χ2v) is 7.43. The topological polar surface area (TPSA) is 55.6 Å². The third-order valence-electron chi connectivity index (χ3n) is 4.69. The molecule has 0 bridgehead atoms. The van der Waals surface area contributed by atoms with Crippen LogP contribution in [0.5, 0.6) is 5.75 Å². The highest BCUT2D eigenvalue weighted by atomic mass is 35.5. The maximum absolute atomic E-state index is 12.6. The minimum Gasteiger partial charge on any atom is -0.493 e. The summed E-state index contributed by atoms with van der Waals surface area (Å²) in [6.45, 7) is 1.42. The van der Waals surface area contributed by atoms with Gasteiger partial charge in [0.15, 0.2) is 5.76 Å². The van der Waals surface area contributed by atoms with E-state index in [0.717, 1.165) is 16.8 Å². The number of carbonyl (C=O) groups excluding carboxylic acids is 1. The number of fused-ring (bicyclic) bond motifs is 1. The Kier molecular flexibility index (Phi) is 5.55. The molecule has 0 fully saturated rings. The summed E-state index contributed by atoms with van der Waals surface area (Å²) in [5.41, 5.74) is 2.77. The maximum atomic E-state index is 12.6. The molecule has 1 aliphatic rings. The Balaban J connectivity index is 1.39. The molecule has 2 heterocycles. The van der Waals surface area contributed by atoms with Crippen LogP contribution in [0.25, 0.3) is 11.3 Å². The van der Waals surface area contributed by atoms with Crippen LogP contribution in [0.2, 0.25) is 10.0 Å². The monoisotopic (exact) mass is 416 g/mol. The fourth-order valence-electron chi connectivity index (χ4n) is 3.20. The van der Waals surface area contributed by atoms with E-state index in [9.17, 15) is 4.79 Å². The van der Waals surface area contributed by atoms with Gasteiger partial charge in [0.05, 0.1) is 25.3 Å². The van der Waals surface area contributed by atoms with E-state index < -0.39 is 0 Å². The molecule has 0 N–H and O–H groups in total. The van der Waals surface area contributed by atoms with E-state index in [4.69, 9.17) is 32.5 Å². The molecule has 0 aliphatic carbocycles. The lowest BCUT2D eigenvalue weighted by Crippen LogP contribution is -2.36. The second-order valence-electron chi connectivity index (χ2n) is 6.56. The summed E-state index contributed by atoms with van der Waals surface area (Å²) < 4.78 is 11.2. The highest BCUT2D eigenvalue weighted by Gasteiger charge is 2.27. The van der Waals surface area contributed by atoms with Crippen molar-refractivity contribution in [3.63, 3.8) is 0 Å². The number of amides is 1. The summed E-state index contributed by atoms with van der Waals surface area (Å²) >= 11 is 11.8. The number of ether oxygens (including phenoxy) is 1. The van der Waals surface area contributed by atoms with E-state index in [-0.39, 0.29) is 5.91 Å². The zero-order chi connectivity index (χ0) is 19.5. The Bertz CT molecular complexity index is 968. The van der Waals surface area contributed by atoms with Crippen molar-refractivity contribution in [2.24, 2.45) is 0 Å². The van der Waals surface area contributed by atoms with Gasteiger partial charge in [0.2, 0.25) is 5.91 Å². The number of aromatic nitrogens is 1. The van der Waals surface area contributed by atoms with Crippen molar-refractivity contribution in [3.8, 4) is 17.1 Å². The van der Waals surface area contributed by atoms with Crippen LogP contribution in [-0.2, 0) is 17.8 Å². The first-order chi connectivity index (χ1) is 13.6. The lowest BCUT2D eigenvalue weighted by Gasteiger charge is -2.26. The van der Waals surface area contributed by atoms with Crippen LogP contribution < -0.4 is 4.74 Å². The van der Waals surface area contributed by atoms with Gasteiger partial charge in [-0.3, -0.25) is 4.79 Å². The van der Waals surface area contributed by atoms with Crippen molar-refractivity contribution in [1.29, 1.82) is 0 Å². The third kappa shape index (κ3) is 4.16. The Hall–Kier alpha value is -2.50. The summed E-state index contributed by atoms with van der Waals surface area (Å²) in [7, 11) is 0. The summed E-state index contributed by atoms with van der Waals surface area (Å²) in [5.74, 6) is 1.44. The Morgan fingerprint density at radius 1 is 1.07 bits per heavy atom. The van der Waals surface area contributed by atoms with Gasteiger partial charge in [-0.25, -0.2) is 0 Å². The average Bonchev–Trinajstić information content (AvgIpc) is 3.13. The van der Waals surface area contributed by atoms with Crippen molar-refractivity contribution in [3.05, 3.63) is 69.8 Å². The molecule has 5 nitrogen and oxygen atoms in total. The molecule has 0 radical (unpaired) electrons. The normalized spacial score (nSPS) is 13.3. The number of nitrogens with zero attached hydrogens (tertiary/aromatic N) is 2. The van der Waals surface area contributed by atoms with Gasteiger partial charge in [-0.2, -0.15) is 0 Å². The standard InChI is InChI=1S/C21H18Cl2N2O3/c22-15-3-1-14(2-4-15)21-18-13-25(11-9-19(18)24-28-21)20(26)10-12-27-17-7-5-16(23)6-8-17/h1-8H,9-13H2. The number of hydrogen-bond acceptors (Lipinski definition) is 4.